The van der Waals surface area contributed by atoms with Crippen molar-refractivity contribution in [3.8, 4) is 0 Å². The van der Waals surface area contributed by atoms with Gasteiger partial charge in [0.05, 0.1) is 11.7 Å². The van der Waals surface area contributed by atoms with Crippen LogP contribution in [0, 0.1) is 11.6 Å². The van der Waals surface area contributed by atoms with Gasteiger partial charge < -0.3 is 10.6 Å². The molecule has 0 saturated heterocycles. The molecule has 0 aliphatic heterocycles. The molecule has 0 unspecified atom stereocenters. The average molecular weight is 442 g/mol. The van der Waals surface area contributed by atoms with Crippen molar-refractivity contribution >= 4 is 44.3 Å². The zero-order valence-corrected chi connectivity index (χ0v) is 16.9. The monoisotopic (exact) mass is 442 g/mol. The van der Waals surface area contributed by atoms with Crippen LogP contribution < -0.4 is 10.6 Å². The number of H-pyrrole nitrogens is 1. The molecule has 4 aromatic rings. The second-order valence-corrected chi connectivity index (χ2v) is 8.27. The van der Waals surface area contributed by atoms with Crippen LogP contribution in [0.4, 0.5) is 26.2 Å². The lowest BCUT2D eigenvalue weighted by atomic mass is 10.2. The number of fused-ring (bicyclic) bond motifs is 1. The van der Waals surface area contributed by atoms with E-state index in [2.05, 4.69) is 30.8 Å². The van der Waals surface area contributed by atoms with E-state index >= 15 is 0 Å². The Morgan fingerprint density at radius 3 is 2.71 bits per heavy atom. The molecule has 0 fully saturated rings. The van der Waals surface area contributed by atoms with Crippen molar-refractivity contribution in [2.45, 2.75) is 4.90 Å². The number of sulfone groups is 1. The van der Waals surface area contributed by atoms with Gasteiger partial charge in [-0.15, -0.1) is 0 Å². The van der Waals surface area contributed by atoms with Crippen molar-refractivity contribution < 1.29 is 17.2 Å². The molecule has 0 radical (unpaired) electrons. The van der Waals surface area contributed by atoms with Gasteiger partial charge in [-0.3, -0.25) is 5.10 Å². The highest BCUT2D eigenvalue weighted by Crippen LogP contribution is 2.23. The molecule has 0 saturated carbocycles. The molecular weight excluding hydrogens is 426 g/mol. The summed E-state index contributed by atoms with van der Waals surface area (Å²) in [5.41, 5.74) is 2.00. The standard InChI is InChI=1S/C20H16F2N6O2S/c1-23-19-12(6-7-31(29,30)18-5-2-14(21)9-16(18)22)10-24-20(27-19)26-15-3-4-17-13(8-15)11-25-28-17/h2-11H,1H3,(H,25,28)(H2,23,24,26,27). The van der Waals surface area contributed by atoms with Crippen molar-refractivity contribution in [2.75, 3.05) is 17.7 Å². The smallest absolute Gasteiger partial charge is 0.229 e. The van der Waals surface area contributed by atoms with Crippen LogP contribution in [0.15, 0.2) is 59.1 Å². The third-order valence-corrected chi connectivity index (χ3v) is 5.82. The molecule has 158 valence electrons. The van der Waals surface area contributed by atoms with Gasteiger partial charge in [-0.25, -0.2) is 22.2 Å². The quantitative estimate of drug-likeness (QED) is 0.389. The second-order valence-electron chi connectivity index (χ2n) is 6.47. The number of nitrogens with zero attached hydrogens (tertiary/aromatic N) is 3. The van der Waals surface area contributed by atoms with E-state index in [0.29, 0.717) is 17.4 Å². The number of rotatable bonds is 6. The van der Waals surface area contributed by atoms with E-state index in [9.17, 15) is 17.2 Å². The van der Waals surface area contributed by atoms with Gasteiger partial charge in [0.15, 0.2) is 0 Å². The van der Waals surface area contributed by atoms with Gasteiger partial charge >= 0.3 is 0 Å². The molecule has 8 nitrogen and oxygen atoms in total. The van der Waals surface area contributed by atoms with Gasteiger partial charge in [-0.1, -0.05) is 0 Å². The summed E-state index contributed by atoms with van der Waals surface area (Å²) >= 11 is 0. The van der Waals surface area contributed by atoms with Crippen LogP contribution in [0.3, 0.4) is 0 Å². The molecule has 2 aromatic carbocycles. The van der Waals surface area contributed by atoms with Gasteiger partial charge in [-0.05, 0) is 36.4 Å². The van der Waals surface area contributed by atoms with Crippen molar-refractivity contribution in [1.29, 1.82) is 0 Å². The molecule has 0 amide bonds. The molecule has 2 aromatic heterocycles. The molecule has 0 aliphatic carbocycles. The number of aromatic nitrogens is 4. The summed E-state index contributed by atoms with van der Waals surface area (Å²) in [4.78, 5) is 7.91. The van der Waals surface area contributed by atoms with Crippen LogP contribution in [0.25, 0.3) is 17.0 Å². The highest BCUT2D eigenvalue weighted by Gasteiger charge is 2.17. The summed E-state index contributed by atoms with van der Waals surface area (Å²) in [6.07, 6.45) is 4.36. The minimum absolute atomic E-state index is 0.289. The van der Waals surface area contributed by atoms with Gasteiger partial charge in [0.1, 0.15) is 22.3 Å². The topological polar surface area (TPSA) is 113 Å². The number of benzene rings is 2. The first-order valence-corrected chi connectivity index (χ1v) is 10.5. The van der Waals surface area contributed by atoms with E-state index in [1.807, 2.05) is 18.2 Å². The van der Waals surface area contributed by atoms with Crippen LogP contribution in [-0.2, 0) is 9.84 Å². The molecule has 4 rings (SSSR count). The van der Waals surface area contributed by atoms with Crippen LogP contribution in [-0.4, -0.2) is 35.6 Å². The Balaban J connectivity index is 1.59. The van der Waals surface area contributed by atoms with Crippen LogP contribution >= 0.6 is 0 Å². The van der Waals surface area contributed by atoms with E-state index in [1.165, 1.54) is 12.3 Å². The molecule has 0 aliphatic rings. The summed E-state index contributed by atoms with van der Waals surface area (Å²) in [6.45, 7) is 0. The Morgan fingerprint density at radius 1 is 1.10 bits per heavy atom. The Morgan fingerprint density at radius 2 is 1.94 bits per heavy atom. The molecular formula is C20H16F2N6O2S. The average Bonchev–Trinajstić information content (AvgIpc) is 3.20. The fourth-order valence-electron chi connectivity index (χ4n) is 2.87. The maximum Gasteiger partial charge on any atom is 0.229 e. The minimum Gasteiger partial charge on any atom is -0.372 e. The van der Waals surface area contributed by atoms with Crippen LogP contribution in [0.1, 0.15) is 5.56 Å². The Bertz CT molecular complexity index is 1400. The number of aromatic amines is 1. The number of anilines is 3. The normalized spacial score (nSPS) is 11.8. The SMILES string of the molecule is CNc1nc(Nc2ccc3[nH]ncc3c2)ncc1C=CS(=O)(=O)c1ccc(F)cc1F. The Kier molecular flexibility index (Phi) is 5.34. The van der Waals surface area contributed by atoms with Gasteiger partial charge in [0.25, 0.3) is 0 Å². The van der Waals surface area contributed by atoms with E-state index < -0.39 is 26.4 Å². The molecule has 0 atom stereocenters. The zero-order valence-electron chi connectivity index (χ0n) is 16.1. The molecule has 31 heavy (non-hydrogen) atoms. The van der Waals surface area contributed by atoms with Crippen molar-refractivity contribution in [3.63, 3.8) is 0 Å². The lowest BCUT2D eigenvalue weighted by molar-refractivity contribution is 0.552. The van der Waals surface area contributed by atoms with E-state index in [0.717, 1.165) is 34.1 Å². The lowest BCUT2D eigenvalue weighted by Crippen LogP contribution is -2.03. The molecule has 2 heterocycles. The van der Waals surface area contributed by atoms with Crippen molar-refractivity contribution in [2.24, 2.45) is 0 Å². The fourth-order valence-corrected chi connectivity index (χ4v) is 3.93. The molecule has 0 bridgehead atoms. The fraction of sp³-hybridized carbons (Fsp3) is 0.0500. The maximum atomic E-state index is 13.8. The highest BCUT2D eigenvalue weighted by molar-refractivity contribution is 7.94. The molecule has 11 heteroatoms. The third-order valence-electron chi connectivity index (χ3n) is 4.38. The number of hydrogen-bond acceptors (Lipinski definition) is 7. The lowest BCUT2D eigenvalue weighted by Gasteiger charge is -2.09. The summed E-state index contributed by atoms with van der Waals surface area (Å²) in [7, 11) is -2.51. The predicted octanol–water partition coefficient (Wildman–Crippen LogP) is 3.86. The van der Waals surface area contributed by atoms with Crippen LogP contribution in [0.2, 0.25) is 0 Å². The van der Waals surface area contributed by atoms with Crippen LogP contribution in [0.5, 0.6) is 0 Å². The predicted molar refractivity (Wildman–Crippen MR) is 114 cm³/mol. The summed E-state index contributed by atoms with van der Waals surface area (Å²) in [5.74, 6) is -1.38. The largest absolute Gasteiger partial charge is 0.372 e. The first kappa shape index (κ1) is 20.4. The summed E-state index contributed by atoms with van der Waals surface area (Å²) in [5, 5.41) is 14.5. The van der Waals surface area contributed by atoms with Gasteiger partial charge in [-0.2, -0.15) is 10.1 Å². The first-order valence-electron chi connectivity index (χ1n) is 8.99. The Hall–Kier alpha value is -3.86. The number of hydrogen-bond donors (Lipinski definition) is 3. The third kappa shape index (κ3) is 4.36. The highest BCUT2D eigenvalue weighted by atomic mass is 32.2. The van der Waals surface area contributed by atoms with Gasteiger partial charge in [0.2, 0.25) is 15.8 Å². The first-order chi connectivity index (χ1) is 14.9. The number of nitrogens with one attached hydrogen (secondary N) is 3. The second kappa shape index (κ2) is 8.11. The maximum absolute atomic E-state index is 13.8. The van der Waals surface area contributed by atoms with E-state index in [1.54, 1.807) is 13.2 Å². The zero-order chi connectivity index (χ0) is 22.0. The number of halogens is 2. The summed E-state index contributed by atoms with van der Waals surface area (Å²) < 4.78 is 51.7. The molecule has 3 N–H and O–H groups in total. The Labute approximate surface area is 176 Å². The van der Waals surface area contributed by atoms with E-state index in [-0.39, 0.29) is 5.95 Å². The van der Waals surface area contributed by atoms with Crippen molar-refractivity contribution in [1.82, 2.24) is 20.2 Å². The van der Waals surface area contributed by atoms with Gasteiger partial charge in [0, 0.05) is 41.4 Å². The molecule has 0 spiro atoms. The summed E-state index contributed by atoms with van der Waals surface area (Å²) in [6, 6.07) is 7.85. The van der Waals surface area contributed by atoms with E-state index in [4.69, 9.17) is 0 Å². The van der Waals surface area contributed by atoms with Crippen molar-refractivity contribution in [3.05, 3.63) is 71.4 Å². The minimum atomic E-state index is -4.13.